The van der Waals surface area contributed by atoms with E-state index in [2.05, 4.69) is 5.32 Å². The highest BCUT2D eigenvalue weighted by Gasteiger charge is 2.57. The van der Waals surface area contributed by atoms with Crippen molar-refractivity contribution in [1.82, 2.24) is 15.1 Å². The molecule has 0 spiro atoms. The molecule has 7 nitrogen and oxygen atoms in total. The van der Waals surface area contributed by atoms with Gasteiger partial charge in [0.05, 0.1) is 5.57 Å². The van der Waals surface area contributed by atoms with Crippen LogP contribution < -0.4 is 10.2 Å². The number of allylic oxidation sites excluding steroid dienone is 2. The third-order valence-electron chi connectivity index (χ3n) is 9.08. The van der Waals surface area contributed by atoms with Crippen molar-refractivity contribution < 1.29 is 40.7 Å². The summed E-state index contributed by atoms with van der Waals surface area (Å²) in [6, 6.07) is 9.63. The maximum absolute atomic E-state index is 14.8. The van der Waals surface area contributed by atoms with Crippen molar-refractivity contribution in [1.29, 1.82) is 0 Å². The Hall–Kier alpha value is -4.29. The molecule has 3 amide bonds. The maximum Gasteiger partial charge on any atom is 0.416 e. The molecule has 0 bridgehead atoms. The first-order valence-electron chi connectivity index (χ1n) is 14.6. The summed E-state index contributed by atoms with van der Waals surface area (Å²) < 4.78 is 83.4. The lowest BCUT2D eigenvalue weighted by molar-refractivity contribution is -0.141. The predicted molar refractivity (Wildman–Crippen MR) is 151 cm³/mol. The van der Waals surface area contributed by atoms with Crippen molar-refractivity contribution in [3.63, 3.8) is 0 Å². The molecule has 0 aromatic heterocycles. The first kappa shape index (κ1) is 30.7. The second-order valence-corrected chi connectivity index (χ2v) is 12.0. The Labute approximate surface area is 255 Å². The molecule has 1 unspecified atom stereocenters. The van der Waals surface area contributed by atoms with Crippen molar-refractivity contribution in [3.8, 4) is 0 Å². The van der Waals surface area contributed by atoms with Crippen molar-refractivity contribution in [3.05, 3.63) is 89.4 Å². The summed E-state index contributed by atoms with van der Waals surface area (Å²) in [7, 11) is 1.47. The third kappa shape index (κ3) is 5.35. The minimum Gasteiger partial charge on any atom is -0.357 e. The number of fused-ring (bicyclic) bond motifs is 1. The van der Waals surface area contributed by atoms with E-state index in [0.29, 0.717) is 12.0 Å². The van der Waals surface area contributed by atoms with Crippen LogP contribution in [0, 0.1) is 5.82 Å². The second-order valence-electron chi connectivity index (χ2n) is 12.0. The number of amides is 3. The zero-order chi connectivity index (χ0) is 32.3. The molecule has 238 valence electrons. The van der Waals surface area contributed by atoms with Crippen LogP contribution in [0.1, 0.15) is 43.2 Å². The van der Waals surface area contributed by atoms with Gasteiger partial charge in [0.2, 0.25) is 5.91 Å². The molecule has 2 heterocycles. The topological polar surface area (TPSA) is 73.0 Å². The van der Waals surface area contributed by atoms with Crippen molar-refractivity contribution in [2.24, 2.45) is 0 Å². The van der Waals surface area contributed by atoms with Crippen molar-refractivity contribution in [2.75, 3.05) is 11.9 Å². The second kappa shape index (κ2) is 11.0. The summed E-state index contributed by atoms with van der Waals surface area (Å²) in [5, 5.41) is 2.68. The fourth-order valence-electron chi connectivity index (χ4n) is 6.89. The molecule has 3 atom stereocenters. The SMILES string of the molecule is CN1C=CC(C(F)(F)F)=CC1N1C(=O)CC[C@H]1C(=O)N(c1cccc(F)c1)[C@@]1(C(=O)NC2CC(F)(F)C2)CCc2ccccc21. The number of rotatable bonds is 6. The van der Waals surface area contributed by atoms with Crippen LogP contribution in [0.2, 0.25) is 0 Å². The number of anilines is 1. The molecule has 6 rings (SSSR count). The molecule has 4 aliphatic rings. The molecule has 2 aliphatic heterocycles. The number of halogens is 6. The lowest BCUT2D eigenvalue weighted by atomic mass is 9.83. The van der Waals surface area contributed by atoms with Gasteiger partial charge in [-0.1, -0.05) is 30.3 Å². The molecular weight excluding hydrogens is 602 g/mol. The van der Waals surface area contributed by atoms with Crippen LogP contribution in [-0.2, 0) is 26.3 Å². The summed E-state index contributed by atoms with van der Waals surface area (Å²) in [4.78, 5) is 46.0. The molecule has 2 aliphatic carbocycles. The number of likely N-dealkylation sites (N-methyl/N-ethyl adjacent to an activating group) is 1. The van der Waals surface area contributed by atoms with Crippen LogP contribution in [0.4, 0.5) is 32.0 Å². The molecule has 13 heteroatoms. The van der Waals surface area contributed by atoms with Gasteiger partial charge in [0.1, 0.15) is 18.0 Å². The van der Waals surface area contributed by atoms with E-state index in [1.807, 2.05) is 0 Å². The first-order valence-corrected chi connectivity index (χ1v) is 14.6. The predicted octanol–water partition coefficient (Wildman–Crippen LogP) is 5.18. The van der Waals surface area contributed by atoms with Gasteiger partial charge in [0.15, 0.2) is 5.54 Å². The van der Waals surface area contributed by atoms with E-state index in [4.69, 9.17) is 0 Å². The van der Waals surface area contributed by atoms with Crippen LogP contribution >= 0.6 is 0 Å². The zero-order valence-electron chi connectivity index (χ0n) is 24.2. The van der Waals surface area contributed by atoms with Crippen LogP contribution in [0.3, 0.4) is 0 Å². The third-order valence-corrected chi connectivity index (χ3v) is 9.08. The summed E-state index contributed by atoms with van der Waals surface area (Å²) in [6.45, 7) is 0. The van der Waals surface area contributed by atoms with E-state index in [9.17, 15) is 40.7 Å². The molecule has 1 saturated carbocycles. The van der Waals surface area contributed by atoms with E-state index in [-0.39, 0.29) is 24.9 Å². The number of aryl methyl sites for hydroxylation is 1. The zero-order valence-corrected chi connectivity index (χ0v) is 24.2. The molecule has 1 N–H and O–H groups in total. The molecule has 2 aromatic rings. The Morgan fingerprint density at radius 2 is 1.78 bits per heavy atom. The summed E-state index contributed by atoms with van der Waals surface area (Å²) in [5.74, 6) is -5.77. The average molecular weight is 633 g/mol. The first-order chi connectivity index (χ1) is 21.2. The standard InChI is InChI=1S/C32H30F6N4O3/c1-40-14-12-20(32(36,37)38)15-26(40)41-25(9-10-27(41)43)28(44)42(23-7-4-6-21(33)16-23)31(13-11-19-5-2-3-8-24(19)31)29(45)39-22-17-30(34,35)18-22/h2-8,12,14-16,22,25-26H,9-11,13,17-18H2,1H3,(H,39,45)/t25-,26?,31-/m0/s1. The number of carbonyl (C=O) groups excluding carboxylic acids is 3. The summed E-state index contributed by atoms with van der Waals surface area (Å²) >= 11 is 0. The number of benzene rings is 2. The number of carbonyl (C=O) groups is 3. The molecule has 45 heavy (non-hydrogen) atoms. The van der Waals surface area contributed by atoms with Gasteiger partial charge in [0, 0.05) is 44.2 Å². The fourth-order valence-corrected chi connectivity index (χ4v) is 6.89. The highest BCUT2D eigenvalue weighted by atomic mass is 19.4. The van der Waals surface area contributed by atoms with Crippen LogP contribution in [0.5, 0.6) is 0 Å². The number of nitrogens with zero attached hydrogens (tertiary/aromatic N) is 3. The molecule has 2 aromatic carbocycles. The molecular formula is C32H30F6N4O3. The van der Waals surface area contributed by atoms with E-state index in [0.717, 1.165) is 39.6 Å². The highest BCUT2D eigenvalue weighted by Crippen LogP contribution is 2.47. The lowest BCUT2D eigenvalue weighted by Crippen LogP contribution is -2.64. The Bertz CT molecular complexity index is 1600. The Morgan fingerprint density at radius 1 is 1.04 bits per heavy atom. The molecule has 2 fully saturated rings. The largest absolute Gasteiger partial charge is 0.416 e. The monoisotopic (exact) mass is 632 g/mol. The molecule has 0 radical (unpaired) electrons. The summed E-state index contributed by atoms with van der Waals surface area (Å²) in [6.07, 6.45) is -4.12. The Balaban J connectivity index is 1.47. The smallest absolute Gasteiger partial charge is 0.357 e. The van der Waals surface area contributed by atoms with Crippen LogP contribution in [-0.4, -0.2) is 64.9 Å². The number of nitrogens with one attached hydrogen (secondary N) is 1. The highest BCUT2D eigenvalue weighted by molar-refractivity contribution is 6.08. The van der Waals surface area contributed by atoms with E-state index >= 15 is 0 Å². The lowest BCUT2D eigenvalue weighted by Gasteiger charge is -2.46. The Kier molecular flexibility index (Phi) is 7.48. The van der Waals surface area contributed by atoms with Gasteiger partial charge in [-0.25, -0.2) is 13.2 Å². The van der Waals surface area contributed by atoms with E-state index < -0.39 is 77.8 Å². The van der Waals surface area contributed by atoms with Crippen LogP contribution in [0.25, 0.3) is 0 Å². The number of likely N-dealkylation sites (tertiary alicyclic amines) is 1. The van der Waals surface area contributed by atoms with Gasteiger partial charge < -0.3 is 15.1 Å². The van der Waals surface area contributed by atoms with Gasteiger partial charge in [0.25, 0.3) is 17.7 Å². The normalized spacial score (nSPS) is 25.9. The van der Waals surface area contributed by atoms with Crippen molar-refractivity contribution in [2.45, 2.75) is 74.4 Å². The molecule has 1 saturated heterocycles. The van der Waals surface area contributed by atoms with Crippen LogP contribution in [0.15, 0.2) is 72.5 Å². The fraction of sp³-hybridized carbons (Fsp3) is 0.406. The number of hydrogen-bond acceptors (Lipinski definition) is 4. The minimum absolute atomic E-state index is 0.0199. The van der Waals surface area contributed by atoms with Gasteiger partial charge in [-0.05, 0) is 60.7 Å². The Morgan fingerprint density at radius 3 is 2.47 bits per heavy atom. The summed E-state index contributed by atoms with van der Waals surface area (Å²) in [5.41, 5.74) is -1.70. The van der Waals surface area contributed by atoms with Gasteiger partial charge in [-0.15, -0.1) is 0 Å². The van der Waals surface area contributed by atoms with Gasteiger partial charge >= 0.3 is 6.18 Å². The maximum atomic E-state index is 14.8. The van der Waals surface area contributed by atoms with Crippen molar-refractivity contribution >= 4 is 23.4 Å². The minimum atomic E-state index is -4.71. The number of hydrogen-bond donors (Lipinski definition) is 1. The quantitative estimate of drug-likeness (QED) is 0.446. The van der Waals surface area contributed by atoms with E-state index in [1.54, 1.807) is 24.3 Å². The number of alkyl halides is 5. The average Bonchev–Trinajstić information content (AvgIpc) is 3.53. The van der Waals surface area contributed by atoms with Gasteiger partial charge in [-0.3, -0.25) is 19.3 Å². The van der Waals surface area contributed by atoms with E-state index in [1.165, 1.54) is 30.3 Å². The van der Waals surface area contributed by atoms with Gasteiger partial charge in [-0.2, -0.15) is 13.2 Å².